The van der Waals surface area contributed by atoms with Crippen LogP contribution in [0.25, 0.3) is 0 Å². The van der Waals surface area contributed by atoms with Gasteiger partial charge in [-0.25, -0.2) is 9.78 Å². The zero-order valence-electron chi connectivity index (χ0n) is 18.9. The first-order valence-electron chi connectivity index (χ1n) is 10.6. The van der Waals surface area contributed by atoms with Gasteiger partial charge in [0.25, 0.3) is 11.6 Å². The number of aromatic nitrogens is 1. The van der Waals surface area contributed by atoms with Crippen molar-refractivity contribution in [1.82, 2.24) is 15.2 Å². The van der Waals surface area contributed by atoms with Crippen molar-refractivity contribution < 1.29 is 42.0 Å². The minimum absolute atomic E-state index is 0.00992. The topological polar surface area (TPSA) is 161 Å². The number of nitrogens with one attached hydrogen (secondary N) is 2. The fourth-order valence-corrected chi connectivity index (χ4v) is 5.37. The first-order chi connectivity index (χ1) is 17.9. The molecule has 2 N–H and O–H groups in total. The lowest BCUT2D eigenvalue weighted by Crippen LogP contribution is -2.70. The lowest BCUT2D eigenvalue weighted by atomic mass is 10.0. The molecule has 2 aliphatic rings. The number of amides is 3. The molecular formula is C21H16F3N5O7S2. The molecule has 38 heavy (non-hydrogen) atoms. The molecule has 0 spiro atoms. The first-order valence-corrected chi connectivity index (χ1v) is 12.5. The third-order valence-electron chi connectivity index (χ3n) is 5.26. The quantitative estimate of drug-likeness (QED) is 0.209. The number of esters is 1. The number of rotatable bonds is 8. The number of nitro groups is 1. The lowest BCUT2D eigenvalue weighted by molar-refractivity contribution is -0.384. The van der Waals surface area contributed by atoms with Gasteiger partial charge in [0.1, 0.15) is 23.7 Å². The number of β-lactam (4-membered cyclic amide) rings is 1. The molecule has 17 heteroatoms. The van der Waals surface area contributed by atoms with Crippen LogP contribution in [0.3, 0.4) is 0 Å². The highest BCUT2D eigenvalue weighted by Gasteiger charge is 2.53. The fraction of sp³-hybridized carbons (Fsp3) is 0.286. The van der Waals surface area contributed by atoms with E-state index in [9.17, 15) is 42.5 Å². The van der Waals surface area contributed by atoms with E-state index in [0.29, 0.717) is 22.7 Å². The number of non-ortho nitro benzene ring substituents is 1. The Kier molecular flexibility index (Phi) is 7.68. The zero-order chi connectivity index (χ0) is 27.6. The minimum Gasteiger partial charge on any atom is -0.456 e. The van der Waals surface area contributed by atoms with Crippen LogP contribution in [0.1, 0.15) is 11.3 Å². The Hall–Kier alpha value is -3.99. The maximum Gasteiger partial charge on any atom is 0.471 e. The van der Waals surface area contributed by atoms with E-state index in [1.165, 1.54) is 52.4 Å². The van der Waals surface area contributed by atoms with Gasteiger partial charge in [-0.2, -0.15) is 13.2 Å². The van der Waals surface area contributed by atoms with Crippen molar-refractivity contribution in [1.29, 1.82) is 0 Å². The van der Waals surface area contributed by atoms with E-state index in [0.717, 1.165) is 0 Å². The molecule has 1 aromatic heterocycles. The number of thiazole rings is 1. The number of hydrogen-bond acceptors (Lipinski definition) is 10. The third kappa shape index (κ3) is 5.94. The Morgan fingerprint density at radius 3 is 2.61 bits per heavy atom. The molecule has 4 rings (SSSR count). The Morgan fingerprint density at radius 2 is 1.95 bits per heavy atom. The molecule has 0 radical (unpaired) electrons. The van der Waals surface area contributed by atoms with Crippen molar-refractivity contribution >= 4 is 57.6 Å². The minimum atomic E-state index is -5.08. The predicted molar refractivity (Wildman–Crippen MR) is 127 cm³/mol. The van der Waals surface area contributed by atoms with Crippen LogP contribution < -0.4 is 10.6 Å². The Balaban J connectivity index is 1.29. The Labute approximate surface area is 219 Å². The van der Waals surface area contributed by atoms with Gasteiger partial charge >= 0.3 is 18.1 Å². The zero-order valence-corrected chi connectivity index (χ0v) is 20.5. The number of hydrogen-bond donors (Lipinski definition) is 2. The van der Waals surface area contributed by atoms with Crippen molar-refractivity contribution in [3.63, 3.8) is 0 Å². The predicted octanol–water partition coefficient (Wildman–Crippen LogP) is 2.12. The molecular weight excluding hydrogens is 555 g/mol. The van der Waals surface area contributed by atoms with Crippen molar-refractivity contribution in [3.05, 3.63) is 62.8 Å². The number of alkyl halides is 3. The van der Waals surface area contributed by atoms with Gasteiger partial charge in [0.05, 0.1) is 17.0 Å². The number of carbonyl (C=O) groups is 4. The summed E-state index contributed by atoms with van der Waals surface area (Å²) >= 11 is 2.01. The number of nitrogens with zero attached hydrogens (tertiary/aromatic N) is 3. The summed E-state index contributed by atoms with van der Waals surface area (Å²) in [6.45, 7) is -0.173. The molecule has 1 fully saturated rings. The van der Waals surface area contributed by atoms with Crippen molar-refractivity contribution in [2.45, 2.75) is 30.6 Å². The summed E-state index contributed by atoms with van der Waals surface area (Å²) < 4.78 is 42.3. The highest BCUT2D eigenvalue weighted by molar-refractivity contribution is 8.00. The SMILES string of the molecule is O=C(Cc1csc(NC(=O)C(F)(F)F)n1)NC1C(=O)N2C(C(=O)OCc3ccc([N+](=O)[O-])cc3)=CCS[C@H]12. The maximum absolute atomic E-state index is 12.7. The Morgan fingerprint density at radius 1 is 1.24 bits per heavy atom. The van der Waals surface area contributed by atoms with Crippen molar-refractivity contribution in [2.24, 2.45) is 0 Å². The molecule has 2 aliphatic heterocycles. The summed E-state index contributed by atoms with van der Waals surface area (Å²) in [5.74, 6) is -3.78. The number of halogens is 3. The fourth-order valence-electron chi connectivity index (χ4n) is 3.47. The summed E-state index contributed by atoms with van der Waals surface area (Å²) in [6.07, 6.45) is -3.91. The van der Waals surface area contributed by atoms with Crippen molar-refractivity contribution in [2.75, 3.05) is 11.1 Å². The number of fused-ring (bicyclic) bond motifs is 1. The van der Waals surface area contributed by atoms with Crippen LogP contribution in [0.4, 0.5) is 24.0 Å². The summed E-state index contributed by atoms with van der Waals surface area (Å²) in [5, 5.41) is 15.3. The van der Waals surface area contributed by atoms with Gasteiger partial charge in [-0.1, -0.05) is 0 Å². The van der Waals surface area contributed by atoms with Gasteiger partial charge < -0.3 is 10.1 Å². The number of nitro benzene ring substituents is 1. The van der Waals surface area contributed by atoms with E-state index >= 15 is 0 Å². The van der Waals surface area contributed by atoms with Crippen LogP contribution in [0.2, 0.25) is 0 Å². The largest absolute Gasteiger partial charge is 0.471 e. The van der Waals surface area contributed by atoms with Crippen LogP contribution in [0.5, 0.6) is 0 Å². The number of carbonyl (C=O) groups excluding carboxylic acids is 4. The van der Waals surface area contributed by atoms with E-state index in [1.807, 2.05) is 0 Å². The van der Waals surface area contributed by atoms with E-state index in [1.54, 1.807) is 5.32 Å². The average Bonchev–Trinajstić information content (AvgIpc) is 3.31. The van der Waals surface area contributed by atoms with E-state index in [-0.39, 0.29) is 35.2 Å². The van der Waals surface area contributed by atoms with Gasteiger partial charge in [0, 0.05) is 23.3 Å². The molecule has 0 saturated carbocycles. The second-order valence-corrected chi connectivity index (χ2v) is 9.85. The second-order valence-electron chi connectivity index (χ2n) is 7.84. The van der Waals surface area contributed by atoms with Gasteiger partial charge in [-0.15, -0.1) is 23.1 Å². The normalized spacial score (nSPS) is 18.6. The molecule has 3 heterocycles. The molecule has 0 bridgehead atoms. The smallest absolute Gasteiger partial charge is 0.456 e. The number of ether oxygens (including phenoxy) is 1. The standard InChI is InChI=1S/C21H16F3N5O7S2/c22-21(23,24)19(33)27-20-25-11(9-38-20)7-14(30)26-15-16(31)28-13(5-6-37-17(15)28)18(32)36-8-10-1-3-12(4-2-10)29(34)35/h1-5,9,15,17H,6-8H2,(H,26,30)(H,25,27,33)/t15?,17-/m1/s1. The molecule has 1 aromatic carbocycles. The van der Waals surface area contributed by atoms with E-state index in [2.05, 4.69) is 10.3 Å². The van der Waals surface area contributed by atoms with Crippen molar-refractivity contribution in [3.8, 4) is 0 Å². The third-order valence-corrected chi connectivity index (χ3v) is 7.25. The summed E-state index contributed by atoms with van der Waals surface area (Å²) in [5.41, 5.74) is 0.503. The second kappa shape index (κ2) is 10.8. The summed E-state index contributed by atoms with van der Waals surface area (Å²) in [6, 6.07) is 4.48. The van der Waals surface area contributed by atoms with Crippen LogP contribution in [-0.2, 0) is 36.9 Å². The molecule has 2 aromatic rings. The van der Waals surface area contributed by atoms with Crippen LogP contribution in [0.15, 0.2) is 41.4 Å². The maximum atomic E-state index is 12.7. The van der Waals surface area contributed by atoms with Crippen LogP contribution in [0, 0.1) is 10.1 Å². The molecule has 3 amide bonds. The average molecular weight is 572 g/mol. The number of anilines is 1. The molecule has 2 atom stereocenters. The van der Waals surface area contributed by atoms with Gasteiger partial charge in [0.15, 0.2) is 5.13 Å². The van der Waals surface area contributed by atoms with Crippen LogP contribution in [-0.4, -0.2) is 61.8 Å². The molecule has 200 valence electrons. The lowest BCUT2D eigenvalue weighted by Gasteiger charge is -2.48. The highest BCUT2D eigenvalue weighted by atomic mass is 32.2. The monoisotopic (exact) mass is 571 g/mol. The highest BCUT2D eigenvalue weighted by Crippen LogP contribution is 2.38. The summed E-state index contributed by atoms with van der Waals surface area (Å²) in [4.78, 5) is 63.9. The molecule has 1 unspecified atom stereocenters. The van der Waals surface area contributed by atoms with Crippen LogP contribution >= 0.6 is 23.1 Å². The van der Waals surface area contributed by atoms with E-state index < -0.39 is 46.2 Å². The molecule has 0 aliphatic carbocycles. The number of benzene rings is 1. The van der Waals surface area contributed by atoms with Gasteiger partial charge in [0.2, 0.25) is 5.91 Å². The first kappa shape index (κ1) is 27.1. The molecule has 1 saturated heterocycles. The summed E-state index contributed by atoms with van der Waals surface area (Å²) in [7, 11) is 0. The van der Waals surface area contributed by atoms with E-state index in [4.69, 9.17) is 4.74 Å². The van der Waals surface area contributed by atoms with Gasteiger partial charge in [-0.3, -0.25) is 34.7 Å². The molecule has 12 nitrogen and oxygen atoms in total. The Bertz CT molecular complexity index is 1330. The number of thioether (sulfide) groups is 1. The van der Waals surface area contributed by atoms with Gasteiger partial charge in [-0.05, 0) is 23.8 Å².